The van der Waals surface area contributed by atoms with E-state index in [4.69, 9.17) is 4.74 Å². The first-order valence-corrected chi connectivity index (χ1v) is 13.7. The van der Waals surface area contributed by atoms with Crippen LogP contribution in [0.1, 0.15) is 58.5 Å². The number of carbonyl (C=O) groups excluding carboxylic acids is 2. The van der Waals surface area contributed by atoms with E-state index in [0.717, 1.165) is 24.8 Å². The third kappa shape index (κ3) is 6.00. The molecule has 0 saturated carbocycles. The highest BCUT2D eigenvalue weighted by Gasteiger charge is 2.28. The van der Waals surface area contributed by atoms with Gasteiger partial charge in [-0.2, -0.15) is 4.31 Å². The monoisotopic (exact) mass is 521 g/mol. The van der Waals surface area contributed by atoms with Gasteiger partial charge in [-0.1, -0.05) is 48.9 Å². The van der Waals surface area contributed by atoms with Gasteiger partial charge in [-0.05, 0) is 55.7 Å². The van der Waals surface area contributed by atoms with Gasteiger partial charge in [-0.3, -0.25) is 9.59 Å². The highest BCUT2D eigenvalue weighted by molar-refractivity contribution is 7.89. The number of methoxy groups -OCH3 is 1. The Hall–Kier alpha value is -3.69. The van der Waals surface area contributed by atoms with Gasteiger partial charge in [-0.15, -0.1) is 0 Å². The average Bonchev–Trinajstić information content (AvgIpc) is 2.93. The number of piperidine rings is 1. The number of sulfonamides is 1. The molecule has 3 aromatic rings. The Morgan fingerprint density at radius 1 is 0.865 bits per heavy atom. The minimum absolute atomic E-state index is 0.0306. The molecule has 0 aromatic heterocycles. The number of hydrogen-bond acceptors (Lipinski definition) is 5. The van der Waals surface area contributed by atoms with Gasteiger partial charge in [0.25, 0.3) is 11.8 Å². The summed E-state index contributed by atoms with van der Waals surface area (Å²) in [5, 5.41) is 5.72. The van der Waals surface area contributed by atoms with Gasteiger partial charge >= 0.3 is 0 Å². The first-order chi connectivity index (χ1) is 17.8. The van der Waals surface area contributed by atoms with E-state index in [1.165, 1.54) is 29.6 Å². The lowest BCUT2D eigenvalue weighted by Gasteiger charge is -2.26. The molecule has 37 heavy (non-hydrogen) atoms. The molecule has 2 amide bonds. The van der Waals surface area contributed by atoms with Crippen LogP contribution >= 0.6 is 0 Å². The molecule has 0 spiro atoms. The number of nitrogens with one attached hydrogen (secondary N) is 2. The standard InChI is InChI=1S/C28H31N3O5S/c1-20(21-11-5-3-6-12-21)29-27(32)23-13-7-8-14-25(23)30-28(33)24-19-22(15-16-26(24)36-2)37(34,35)31-17-9-4-10-18-31/h3,5-8,11-16,19-20H,4,9-10,17-18H2,1-2H3,(H,29,32)(H,30,33)/t20-/m0/s1. The van der Waals surface area contributed by atoms with Crippen molar-refractivity contribution in [3.8, 4) is 5.75 Å². The second-order valence-electron chi connectivity index (χ2n) is 8.93. The lowest BCUT2D eigenvalue weighted by atomic mass is 10.1. The molecule has 0 radical (unpaired) electrons. The summed E-state index contributed by atoms with van der Waals surface area (Å²) in [5.41, 5.74) is 1.61. The zero-order chi connectivity index (χ0) is 26.4. The number of amides is 2. The largest absolute Gasteiger partial charge is 0.496 e. The number of para-hydroxylation sites is 1. The predicted octanol–water partition coefficient (Wildman–Crippen LogP) is 4.61. The van der Waals surface area contributed by atoms with Crippen molar-refractivity contribution in [2.75, 3.05) is 25.5 Å². The van der Waals surface area contributed by atoms with Gasteiger partial charge in [0.05, 0.1) is 34.9 Å². The molecule has 1 fully saturated rings. The van der Waals surface area contributed by atoms with Crippen LogP contribution in [0.15, 0.2) is 77.7 Å². The molecule has 1 atom stereocenters. The summed E-state index contributed by atoms with van der Waals surface area (Å²) in [7, 11) is -2.33. The molecule has 1 heterocycles. The van der Waals surface area contributed by atoms with Crippen LogP contribution < -0.4 is 15.4 Å². The Morgan fingerprint density at radius 3 is 2.24 bits per heavy atom. The van der Waals surface area contributed by atoms with Crippen LogP contribution in [0.4, 0.5) is 5.69 Å². The summed E-state index contributed by atoms with van der Waals surface area (Å²) in [6, 6.07) is 20.3. The van der Waals surface area contributed by atoms with E-state index in [1.54, 1.807) is 24.3 Å². The van der Waals surface area contributed by atoms with E-state index < -0.39 is 15.9 Å². The van der Waals surface area contributed by atoms with Gasteiger partial charge in [0.2, 0.25) is 10.0 Å². The summed E-state index contributed by atoms with van der Waals surface area (Å²) in [5.74, 6) is -0.695. The minimum atomic E-state index is -3.74. The normalized spacial score (nSPS) is 15.0. The Labute approximate surface area is 217 Å². The molecule has 3 aromatic carbocycles. The SMILES string of the molecule is COc1ccc(S(=O)(=O)N2CCCCC2)cc1C(=O)Nc1ccccc1C(=O)N[C@@H](C)c1ccccc1. The zero-order valence-corrected chi connectivity index (χ0v) is 21.8. The lowest BCUT2D eigenvalue weighted by Crippen LogP contribution is -2.35. The lowest BCUT2D eigenvalue weighted by molar-refractivity contribution is 0.0940. The van der Waals surface area contributed by atoms with E-state index in [1.807, 2.05) is 37.3 Å². The topological polar surface area (TPSA) is 105 Å². The molecular weight excluding hydrogens is 490 g/mol. The fourth-order valence-electron chi connectivity index (χ4n) is 4.36. The van der Waals surface area contributed by atoms with Crippen LogP contribution in [-0.4, -0.2) is 44.7 Å². The van der Waals surface area contributed by atoms with Gasteiger partial charge in [0, 0.05) is 13.1 Å². The molecule has 2 N–H and O–H groups in total. The third-order valence-corrected chi connectivity index (χ3v) is 8.33. The van der Waals surface area contributed by atoms with Crippen molar-refractivity contribution in [2.45, 2.75) is 37.1 Å². The molecular formula is C28H31N3O5S. The number of rotatable bonds is 8. The summed E-state index contributed by atoms with van der Waals surface area (Å²) in [4.78, 5) is 26.4. The number of carbonyl (C=O) groups is 2. The number of ether oxygens (including phenoxy) is 1. The van der Waals surface area contributed by atoms with Crippen LogP contribution in [0.25, 0.3) is 0 Å². The van der Waals surface area contributed by atoms with Crippen LogP contribution in [0.5, 0.6) is 5.75 Å². The molecule has 194 valence electrons. The summed E-state index contributed by atoms with van der Waals surface area (Å²) < 4.78 is 33.2. The maximum absolute atomic E-state index is 13.3. The summed E-state index contributed by atoms with van der Waals surface area (Å²) in [6.07, 6.45) is 2.62. The van der Waals surface area contributed by atoms with E-state index in [9.17, 15) is 18.0 Å². The van der Waals surface area contributed by atoms with Gasteiger partial charge < -0.3 is 15.4 Å². The fraction of sp³-hybridized carbons (Fsp3) is 0.286. The molecule has 8 nitrogen and oxygen atoms in total. The van der Waals surface area contributed by atoms with Gasteiger partial charge in [0.15, 0.2) is 0 Å². The van der Waals surface area contributed by atoms with Crippen LogP contribution in [0.2, 0.25) is 0 Å². The zero-order valence-electron chi connectivity index (χ0n) is 20.9. The maximum Gasteiger partial charge on any atom is 0.259 e. The minimum Gasteiger partial charge on any atom is -0.496 e. The Bertz CT molecular complexity index is 1370. The predicted molar refractivity (Wildman–Crippen MR) is 142 cm³/mol. The molecule has 0 aliphatic carbocycles. The van der Waals surface area contributed by atoms with E-state index in [0.29, 0.717) is 18.8 Å². The highest BCUT2D eigenvalue weighted by Crippen LogP contribution is 2.28. The summed E-state index contributed by atoms with van der Waals surface area (Å²) >= 11 is 0. The van der Waals surface area contributed by atoms with Crippen molar-refractivity contribution >= 4 is 27.5 Å². The van der Waals surface area contributed by atoms with E-state index >= 15 is 0 Å². The van der Waals surface area contributed by atoms with Crippen LogP contribution in [0, 0.1) is 0 Å². The number of nitrogens with zero attached hydrogens (tertiary/aromatic N) is 1. The van der Waals surface area contributed by atoms with Gasteiger partial charge in [0.1, 0.15) is 5.75 Å². The van der Waals surface area contributed by atoms with Gasteiger partial charge in [-0.25, -0.2) is 8.42 Å². The second-order valence-corrected chi connectivity index (χ2v) is 10.9. The van der Waals surface area contributed by atoms with E-state index in [2.05, 4.69) is 10.6 Å². The van der Waals surface area contributed by atoms with Crippen molar-refractivity contribution in [3.05, 3.63) is 89.5 Å². The highest BCUT2D eigenvalue weighted by atomic mass is 32.2. The Kier molecular flexibility index (Phi) is 8.25. The van der Waals surface area contributed by atoms with Crippen molar-refractivity contribution in [3.63, 3.8) is 0 Å². The molecule has 1 aliphatic rings. The average molecular weight is 522 g/mol. The molecule has 1 saturated heterocycles. The van der Waals surface area contributed by atoms with Crippen molar-refractivity contribution in [2.24, 2.45) is 0 Å². The molecule has 4 rings (SSSR count). The summed E-state index contributed by atoms with van der Waals surface area (Å²) in [6.45, 7) is 2.80. The van der Waals surface area contributed by atoms with Crippen molar-refractivity contribution in [1.29, 1.82) is 0 Å². The molecule has 0 bridgehead atoms. The first kappa shape index (κ1) is 26.4. The second kappa shape index (κ2) is 11.6. The van der Waals surface area contributed by atoms with Crippen LogP contribution in [-0.2, 0) is 10.0 Å². The Morgan fingerprint density at radius 2 is 1.54 bits per heavy atom. The number of anilines is 1. The van der Waals surface area contributed by atoms with Crippen molar-refractivity contribution in [1.82, 2.24) is 9.62 Å². The van der Waals surface area contributed by atoms with Crippen LogP contribution in [0.3, 0.4) is 0 Å². The number of hydrogen-bond donors (Lipinski definition) is 2. The molecule has 9 heteroatoms. The number of benzene rings is 3. The first-order valence-electron chi connectivity index (χ1n) is 12.3. The molecule has 0 unspecified atom stereocenters. The van der Waals surface area contributed by atoms with Crippen molar-refractivity contribution < 1.29 is 22.7 Å². The quantitative estimate of drug-likeness (QED) is 0.450. The van der Waals surface area contributed by atoms with E-state index in [-0.39, 0.29) is 33.7 Å². The maximum atomic E-state index is 13.3. The Balaban J connectivity index is 1.58. The fourth-order valence-corrected chi connectivity index (χ4v) is 5.90. The third-order valence-electron chi connectivity index (χ3n) is 6.44. The smallest absolute Gasteiger partial charge is 0.259 e. The molecule has 1 aliphatic heterocycles.